The zero-order chi connectivity index (χ0) is 17.5. The fourth-order valence-corrected chi connectivity index (χ4v) is 2.20. The van der Waals surface area contributed by atoms with Gasteiger partial charge in [0.15, 0.2) is 0 Å². The van der Waals surface area contributed by atoms with Crippen LogP contribution in [0.5, 0.6) is 5.75 Å². The molecule has 24 heavy (non-hydrogen) atoms. The Labute approximate surface area is 141 Å². The summed E-state index contributed by atoms with van der Waals surface area (Å²) < 4.78 is 5.22. The van der Waals surface area contributed by atoms with E-state index in [2.05, 4.69) is 16.0 Å². The molecule has 0 spiro atoms. The van der Waals surface area contributed by atoms with Crippen LogP contribution < -0.4 is 20.7 Å². The van der Waals surface area contributed by atoms with Crippen molar-refractivity contribution in [1.29, 1.82) is 0 Å². The molecule has 3 N–H and O–H groups in total. The summed E-state index contributed by atoms with van der Waals surface area (Å²) in [6.45, 7) is 1.75. The number of amides is 2. The Kier molecular flexibility index (Phi) is 5.78. The molecule has 0 aliphatic heterocycles. The van der Waals surface area contributed by atoms with Crippen LogP contribution in [-0.2, 0) is 4.79 Å². The number of para-hydroxylation sites is 2. The molecule has 1 atom stereocenters. The lowest BCUT2D eigenvalue weighted by Gasteiger charge is -2.17. The summed E-state index contributed by atoms with van der Waals surface area (Å²) in [4.78, 5) is 24.0. The van der Waals surface area contributed by atoms with Crippen molar-refractivity contribution < 1.29 is 14.3 Å². The summed E-state index contributed by atoms with van der Waals surface area (Å²) in [6.07, 6.45) is 0. The second kappa shape index (κ2) is 8.01. The molecular formula is C18H21N3O3. The number of hydrogen-bond acceptors (Lipinski definition) is 4. The van der Waals surface area contributed by atoms with E-state index in [9.17, 15) is 9.59 Å². The molecule has 0 aromatic heterocycles. The third-order valence-electron chi connectivity index (χ3n) is 3.49. The van der Waals surface area contributed by atoms with Gasteiger partial charge in [-0.2, -0.15) is 0 Å². The molecule has 0 aliphatic rings. The highest BCUT2D eigenvalue weighted by atomic mass is 16.5. The highest BCUT2D eigenvalue weighted by Gasteiger charge is 2.15. The maximum atomic E-state index is 12.4. The van der Waals surface area contributed by atoms with Gasteiger partial charge in [0, 0.05) is 18.3 Å². The van der Waals surface area contributed by atoms with E-state index < -0.39 is 6.04 Å². The maximum absolute atomic E-state index is 12.4. The van der Waals surface area contributed by atoms with Crippen LogP contribution in [0.25, 0.3) is 0 Å². The number of carbonyl (C=O) groups excluding carboxylic acids is 2. The van der Waals surface area contributed by atoms with Crippen LogP contribution in [0.4, 0.5) is 11.4 Å². The van der Waals surface area contributed by atoms with Crippen molar-refractivity contribution in [2.24, 2.45) is 0 Å². The van der Waals surface area contributed by atoms with Crippen molar-refractivity contribution in [1.82, 2.24) is 5.32 Å². The second-order valence-electron chi connectivity index (χ2n) is 5.22. The fraction of sp³-hybridized carbons (Fsp3) is 0.222. The van der Waals surface area contributed by atoms with Gasteiger partial charge < -0.3 is 20.7 Å². The molecule has 6 nitrogen and oxygen atoms in total. The van der Waals surface area contributed by atoms with Crippen molar-refractivity contribution in [3.05, 3.63) is 54.1 Å². The fourth-order valence-electron chi connectivity index (χ4n) is 2.20. The summed E-state index contributed by atoms with van der Waals surface area (Å²) in [5.41, 5.74) is 1.83. The van der Waals surface area contributed by atoms with E-state index in [0.717, 1.165) is 0 Å². The number of carbonyl (C=O) groups is 2. The minimum Gasteiger partial charge on any atom is -0.495 e. The van der Waals surface area contributed by atoms with Crippen LogP contribution in [-0.4, -0.2) is 32.0 Å². The molecule has 6 heteroatoms. The topological polar surface area (TPSA) is 79.5 Å². The van der Waals surface area contributed by atoms with Gasteiger partial charge in [-0.25, -0.2) is 0 Å². The van der Waals surface area contributed by atoms with E-state index in [0.29, 0.717) is 22.7 Å². The lowest BCUT2D eigenvalue weighted by atomic mass is 10.1. The molecule has 0 aliphatic carbocycles. The minimum absolute atomic E-state index is 0.176. The average molecular weight is 327 g/mol. The van der Waals surface area contributed by atoms with Crippen LogP contribution in [0.15, 0.2) is 48.5 Å². The normalized spacial score (nSPS) is 11.3. The molecule has 126 valence electrons. The first-order valence-corrected chi connectivity index (χ1v) is 7.57. The number of hydrogen-bond donors (Lipinski definition) is 3. The van der Waals surface area contributed by atoms with Crippen molar-refractivity contribution in [2.75, 3.05) is 24.8 Å². The minimum atomic E-state index is -0.491. The Morgan fingerprint density at radius 1 is 1.08 bits per heavy atom. The van der Waals surface area contributed by atoms with Gasteiger partial charge in [0.2, 0.25) is 5.91 Å². The number of benzene rings is 2. The number of rotatable bonds is 6. The molecule has 2 rings (SSSR count). The van der Waals surface area contributed by atoms with Crippen LogP contribution in [0.2, 0.25) is 0 Å². The van der Waals surface area contributed by atoms with Gasteiger partial charge in [0.05, 0.1) is 12.8 Å². The van der Waals surface area contributed by atoms with Crippen molar-refractivity contribution >= 4 is 23.2 Å². The molecule has 0 saturated carbocycles. The molecule has 2 amide bonds. The van der Waals surface area contributed by atoms with Crippen LogP contribution in [0.1, 0.15) is 17.3 Å². The third kappa shape index (κ3) is 4.25. The summed E-state index contributed by atoms with van der Waals surface area (Å²) in [5.74, 6) is 0.217. The Morgan fingerprint density at radius 3 is 2.54 bits per heavy atom. The zero-order valence-corrected chi connectivity index (χ0v) is 13.9. The quantitative estimate of drug-likeness (QED) is 0.761. The van der Waals surface area contributed by atoms with E-state index in [1.54, 1.807) is 57.5 Å². The highest BCUT2D eigenvalue weighted by molar-refractivity contribution is 5.98. The van der Waals surface area contributed by atoms with Gasteiger partial charge in [0.25, 0.3) is 5.91 Å². The van der Waals surface area contributed by atoms with Gasteiger partial charge in [-0.3, -0.25) is 9.59 Å². The lowest BCUT2D eigenvalue weighted by molar-refractivity contribution is -0.116. The smallest absolute Gasteiger partial charge is 0.251 e. The predicted octanol–water partition coefficient (Wildman–Crippen LogP) is 2.49. The first-order chi connectivity index (χ1) is 11.5. The summed E-state index contributed by atoms with van der Waals surface area (Å²) in [6, 6.07) is 13.7. The van der Waals surface area contributed by atoms with E-state index in [1.807, 2.05) is 12.1 Å². The molecule has 1 unspecified atom stereocenters. The summed E-state index contributed by atoms with van der Waals surface area (Å²) in [7, 11) is 3.13. The summed E-state index contributed by atoms with van der Waals surface area (Å²) in [5, 5.41) is 8.48. The Hall–Kier alpha value is -3.02. The average Bonchev–Trinajstić information content (AvgIpc) is 2.61. The highest BCUT2D eigenvalue weighted by Crippen LogP contribution is 2.23. The van der Waals surface area contributed by atoms with Gasteiger partial charge in [-0.05, 0) is 37.3 Å². The van der Waals surface area contributed by atoms with Gasteiger partial charge in [-0.1, -0.05) is 18.2 Å². The first-order valence-electron chi connectivity index (χ1n) is 7.57. The van der Waals surface area contributed by atoms with Gasteiger partial charge in [0.1, 0.15) is 11.8 Å². The van der Waals surface area contributed by atoms with E-state index in [4.69, 9.17) is 4.74 Å². The van der Waals surface area contributed by atoms with E-state index in [-0.39, 0.29) is 11.8 Å². The van der Waals surface area contributed by atoms with E-state index in [1.165, 1.54) is 0 Å². The van der Waals surface area contributed by atoms with Crippen molar-refractivity contribution in [2.45, 2.75) is 13.0 Å². The number of ether oxygens (including phenoxy) is 1. The molecule has 0 saturated heterocycles. The monoisotopic (exact) mass is 327 g/mol. The number of anilines is 2. The molecule has 2 aromatic carbocycles. The predicted molar refractivity (Wildman–Crippen MR) is 94.5 cm³/mol. The molecule has 0 bridgehead atoms. The molecule has 2 aromatic rings. The Bertz CT molecular complexity index is 731. The number of nitrogens with one attached hydrogen (secondary N) is 3. The SMILES string of the molecule is CNC(=O)c1cccc(NC(C)C(=O)Nc2ccccc2OC)c1. The van der Waals surface area contributed by atoms with Crippen LogP contribution >= 0.6 is 0 Å². The van der Waals surface area contributed by atoms with E-state index >= 15 is 0 Å². The largest absolute Gasteiger partial charge is 0.495 e. The number of methoxy groups -OCH3 is 1. The standard InChI is InChI=1S/C18H21N3O3/c1-12(17(22)21-15-9-4-5-10-16(15)24-3)20-14-8-6-7-13(11-14)18(23)19-2/h4-12,20H,1-3H3,(H,19,23)(H,21,22). The van der Waals surface area contributed by atoms with Crippen LogP contribution in [0, 0.1) is 0 Å². The van der Waals surface area contributed by atoms with Gasteiger partial charge >= 0.3 is 0 Å². The lowest BCUT2D eigenvalue weighted by Crippen LogP contribution is -2.32. The Morgan fingerprint density at radius 2 is 1.83 bits per heavy atom. The second-order valence-corrected chi connectivity index (χ2v) is 5.22. The van der Waals surface area contributed by atoms with Crippen molar-refractivity contribution in [3.8, 4) is 5.75 Å². The first kappa shape index (κ1) is 17.3. The van der Waals surface area contributed by atoms with Crippen LogP contribution in [0.3, 0.4) is 0 Å². The molecular weight excluding hydrogens is 306 g/mol. The maximum Gasteiger partial charge on any atom is 0.251 e. The molecule has 0 radical (unpaired) electrons. The Balaban J connectivity index is 2.05. The zero-order valence-electron chi connectivity index (χ0n) is 13.9. The molecule has 0 fully saturated rings. The third-order valence-corrected chi connectivity index (χ3v) is 3.49. The summed E-state index contributed by atoms with van der Waals surface area (Å²) >= 11 is 0. The van der Waals surface area contributed by atoms with Crippen molar-refractivity contribution in [3.63, 3.8) is 0 Å². The molecule has 0 heterocycles. The van der Waals surface area contributed by atoms with Gasteiger partial charge in [-0.15, -0.1) is 0 Å².